The zero-order valence-corrected chi connectivity index (χ0v) is 12.4. The van der Waals surface area contributed by atoms with Gasteiger partial charge in [0.1, 0.15) is 0 Å². The number of thioether (sulfide) groups is 2. The Morgan fingerprint density at radius 3 is 1.83 bits per heavy atom. The molecule has 0 aromatic rings. The molecule has 0 bridgehead atoms. The van der Waals surface area contributed by atoms with Gasteiger partial charge in [-0.2, -0.15) is 23.5 Å². The lowest BCUT2D eigenvalue weighted by Gasteiger charge is -2.08. The minimum atomic E-state index is 0.668. The second-order valence-electron chi connectivity index (χ2n) is 3.56. The second kappa shape index (κ2) is 14.0. The van der Waals surface area contributed by atoms with Gasteiger partial charge >= 0.3 is 0 Å². The summed E-state index contributed by atoms with van der Waals surface area (Å²) < 4.78 is 21.8. The lowest BCUT2D eigenvalue weighted by Crippen LogP contribution is -2.10. The van der Waals surface area contributed by atoms with E-state index in [0.717, 1.165) is 37.1 Å². The van der Waals surface area contributed by atoms with E-state index in [2.05, 4.69) is 5.75 Å². The van der Waals surface area contributed by atoms with Crippen molar-refractivity contribution in [2.45, 2.75) is 0 Å². The smallest absolute Gasteiger partial charge is 0.0701 e. The molecule has 1 rings (SSSR count). The van der Waals surface area contributed by atoms with Gasteiger partial charge in [0.05, 0.1) is 52.9 Å². The van der Waals surface area contributed by atoms with Gasteiger partial charge in [-0.15, -0.1) is 0 Å². The molecule has 1 aliphatic rings. The Balaban J connectivity index is 2.00. The minimum absolute atomic E-state index is 0.668. The van der Waals surface area contributed by atoms with Gasteiger partial charge in [0.2, 0.25) is 0 Å². The molecule has 1 radical (unpaired) electrons. The Bertz CT molecular complexity index is 97.1. The van der Waals surface area contributed by atoms with E-state index in [1.807, 2.05) is 11.8 Å². The van der Waals surface area contributed by atoms with E-state index in [9.17, 15) is 0 Å². The van der Waals surface area contributed by atoms with Crippen LogP contribution in [0.15, 0.2) is 0 Å². The predicted octanol–water partition coefficient (Wildman–Crippen LogP) is 1.69. The Morgan fingerprint density at radius 2 is 1.17 bits per heavy atom. The molecule has 1 saturated heterocycles. The van der Waals surface area contributed by atoms with Crippen molar-refractivity contribution >= 4 is 23.5 Å². The first-order valence-electron chi connectivity index (χ1n) is 6.32. The van der Waals surface area contributed by atoms with Crippen LogP contribution >= 0.6 is 23.5 Å². The lowest BCUT2D eigenvalue weighted by molar-refractivity contribution is 0.0594. The summed E-state index contributed by atoms with van der Waals surface area (Å²) >= 11 is 3.59. The van der Waals surface area contributed by atoms with Crippen LogP contribution in [0.5, 0.6) is 0 Å². The Labute approximate surface area is 118 Å². The van der Waals surface area contributed by atoms with Crippen molar-refractivity contribution in [3.8, 4) is 0 Å². The molecule has 107 valence electrons. The first-order chi connectivity index (χ1) is 9.00. The summed E-state index contributed by atoms with van der Waals surface area (Å²) in [5, 5.41) is 0. The van der Waals surface area contributed by atoms with Crippen LogP contribution < -0.4 is 0 Å². The molecule has 0 aromatic heterocycles. The van der Waals surface area contributed by atoms with Crippen LogP contribution in [0.2, 0.25) is 0 Å². The number of hydrogen-bond donors (Lipinski definition) is 0. The van der Waals surface area contributed by atoms with Gasteiger partial charge in [0.15, 0.2) is 0 Å². The Kier molecular flexibility index (Phi) is 12.9. The fraction of sp³-hybridized carbons (Fsp3) is 0.917. The summed E-state index contributed by atoms with van der Waals surface area (Å²) in [6.07, 6.45) is 0. The third-order valence-corrected chi connectivity index (χ3v) is 3.82. The van der Waals surface area contributed by atoms with Crippen LogP contribution in [0.3, 0.4) is 0 Å². The molecule has 0 N–H and O–H groups in total. The summed E-state index contributed by atoms with van der Waals surface area (Å²) in [7, 11) is 0. The van der Waals surface area contributed by atoms with E-state index in [4.69, 9.17) is 18.9 Å². The van der Waals surface area contributed by atoms with E-state index >= 15 is 0 Å². The zero-order chi connectivity index (χ0) is 12.7. The first kappa shape index (κ1) is 16.6. The lowest BCUT2D eigenvalue weighted by atomic mass is 10.7. The molecule has 0 unspecified atom stereocenters. The Hall–Kier alpha value is 0.540. The molecule has 1 fully saturated rings. The van der Waals surface area contributed by atoms with Crippen molar-refractivity contribution in [2.75, 3.05) is 70.1 Å². The van der Waals surface area contributed by atoms with Gasteiger partial charge in [-0.05, 0) is 0 Å². The monoisotopic (exact) mass is 295 g/mol. The fourth-order valence-corrected chi connectivity index (χ4v) is 2.50. The average Bonchev–Trinajstić information content (AvgIpc) is 2.39. The highest BCUT2D eigenvalue weighted by Gasteiger charge is 1.96. The largest absolute Gasteiger partial charge is 0.378 e. The van der Waals surface area contributed by atoms with Crippen LogP contribution in [-0.2, 0) is 18.9 Å². The van der Waals surface area contributed by atoms with Gasteiger partial charge in [0.25, 0.3) is 0 Å². The van der Waals surface area contributed by atoms with Gasteiger partial charge < -0.3 is 18.9 Å². The van der Waals surface area contributed by atoms with Gasteiger partial charge in [-0.1, -0.05) is 0 Å². The van der Waals surface area contributed by atoms with E-state index < -0.39 is 0 Å². The maximum Gasteiger partial charge on any atom is 0.0701 e. The van der Waals surface area contributed by atoms with E-state index in [1.54, 1.807) is 11.8 Å². The summed E-state index contributed by atoms with van der Waals surface area (Å²) in [5.74, 6) is 5.07. The highest BCUT2D eigenvalue weighted by molar-refractivity contribution is 8.01. The fourth-order valence-electron chi connectivity index (χ4n) is 1.25. The normalized spacial score (nSPS) is 24.0. The highest BCUT2D eigenvalue weighted by Crippen LogP contribution is 2.05. The number of rotatable bonds is 0. The van der Waals surface area contributed by atoms with E-state index in [-0.39, 0.29) is 0 Å². The first-order valence-corrected chi connectivity index (χ1v) is 8.52. The van der Waals surface area contributed by atoms with Crippen molar-refractivity contribution in [1.29, 1.82) is 0 Å². The molecule has 0 atom stereocenters. The van der Waals surface area contributed by atoms with Crippen LogP contribution in [0.4, 0.5) is 0 Å². The zero-order valence-electron chi connectivity index (χ0n) is 10.8. The molecule has 0 aliphatic carbocycles. The molecule has 0 saturated carbocycles. The molecular weight excluding hydrogens is 272 g/mol. The summed E-state index contributed by atoms with van der Waals surface area (Å²) in [6, 6.07) is 0. The van der Waals surface area contributed by atoms with Crippen molar-refractivity contribution in [3.63, 3.8) is 0 Å². The van der Waals surface area contributed by atoms with Crippen molar-refractivity contribution < 1.29 is 18.9 Å². The van der Waals surface area contributed by atoms with Crippen LogP contribution in [-0.4, -0.2) is 70.1 Å². The molecule has 1 aliphatic heterocycles. The summed E-state index contributed by atoms with van der Waals surface area (Å²) in [4.78, 5) is 0. The predicted molar refractivity (Wildman–Crippen MR) is 77.4 cm³/mol. The molecular formula is C12H23O4S2. The summed E-state index contributed by atoms with van der Waals surface area (Å²) in [5.41, 5.74) is 0. The third-order valence-electron chi connectivity index (χ3n) is 2.14. The maximum absolute atomic E-state index is 5.46. The van der Waals surface area contributed by atoms with Crippen molar-refractivity contribution in [3.05, 3.63) is 5.75 Å². The van der Waals surface area contributed by atoms with Crippen LogP contribution in [0.25, 0.3) is 0 Å². The molecule has 0 aromatic carbocycles. The molecule has 1 heterocycles. The maximum atomic E-state index is 5.46. The minimum Gasteiger partial charge on any atom is -0.378 e. The topological polar surface area (TPSA) is 36.9 Å². The van der Waals surface area contributed by atoms with Gasteiger partial charge in [-0.3, -0.25) is 0 Å². The quantitative estimate of drug-likeness (QED) is 0.677. The summed E-state index contributed by atoms with van der Waals surface area (Å²) in [6.45, 7) is 5.74. The number of ether oxygens (including phenoxy) is 4. The van der Waals surface area contributed by atoms with E-state index in [1.165, 1.54) is 0 Å². The third kappa shape index (κ3) is 11.6. The SMILES string of the molecule is [CH]1COCCOCCSCCOCCOCCS1. The van der Waals surface area contributed by atoms with Gasteiger partial charge in [-0.25, -0.2) is 0 Å². The van der Waals surface area contributed by atoms with Gasteiger partial charge in [0, 0.05) is 23.0 Å². The second-order valence-corrected chi connectivity index (χ2v) is 5.86. The molecule has 0 amide bonds. The molecule has 0 spiro atoms. The molecule has 18 heavy (non-hydrogen) atoms. The number of hydrogen-bond acceptors (Lipinski definition) is 6. The van der Waals surface area contributed by atoms with Crippen LogP contribution in [0.1, 0.15) is 0 Å². The van der Waals surface area contributed by atoms with E-state index in [0.29, 0.717) is 33.0 Å². The molecule has 4 nitrogen and oxygen atoms in total. The van der Waals surface area contributed by atoms with Crippen molar-refractivity contribution in [2.24, 2.45) is 0 Å². The standard InChI is InChI=1S/C12H23O4S2/c1-2-14-6-10-18-12-8-16-4-3-15-7-11-17-9-5-13-1/h9H,1-8,10-12H2. The van der Waals surface area contributed by atoms with Crippen molar-refractivity contribution in [1.82, 2.24) is 0 Å². The highest BCUT2D eigenvalue weighted by atomic mass is 32.2. The Morgan fingerprint density at radius 1 is 0.611 bits per heavy atom. The average molecular weight is 295 g/mol. The van der Waals surface area contributed by atoms with Crippen LogP contribution in [0, 0.1) is 5.75 Å². The molecule has 6 heteroatoms.